The lowest BCUT2D eigenvalue weighted by molar-refractivity contribution is 0.598. The van der Waals surface area contributed by atoms with Crippen molar-refractivity contribution in [3.63, 3.8) is 0 Å². The Labute approximate surface area is 121 Å². The molecule has 0 radical (unpaired) electrons. The van der Waals surface area contributed by atoms with Crippen LogP contribution in [0.15, 0.2) is 24.4 Å². The number of aryl methyl sites for hydroxylation is 1. The zero-order valence-electron chi connectivity index (χ0n) is 11.8. The molecule has 0 spiro atoms. The maximum atomic E-state index is 13.9. The third-order valence-corrected chi connectivity index (χ3v) is 3.30. The fourth-order valence-electron chi connectivity index (χ4n) is 2.40. The first-order valence-corrected chi connectivity index (χ1v) is 7.00. The van der Waals surface area contributed by atoms with Crippen LogP contribution in [-0.4, -0.2) is 31.1 Å². The summed E-state index contributed by atoms with van der Waals surface area (Å²) in [4.78, 5) is 4.42. The molecule has 0 aliphatic carbocycles. The van der Waals surface area contributed by atoms with Gasteiger partial charge in [-0.1, -0.05) is 18.2 Å². The fraction of sp³-hybridized carbons (Fsp3) is 0.357. The Kier molecular flexibility index (Phi) is 3.66. The third kappa shape index (κ3) is 2.40. The molecular weight excluding hydrogens is 271 g/mol. The number of para-hydroxylation sites is 1. The van der Waals surface area contributed by atoms with Crippen molar-refractivity contribution in [3.8, 4) is 11.5 Å². The Balaban J connectivity index is 2.15. The molecule has 0 bridgehead atoms. The average Bonchev–Trinajstić information content (AvgIpc) is 3.06. The molecule has 1 aromatic carbocycles. The van der Waals surface area contributed by atoms with Crippen molar-refractivity contribution in [2.75, 3.05) is 6.54 Å². The van der Waals surface area contributed by atoms with Crippen LogP contribution in [0.3, 0.4) is 0 Å². The quantitative estimate of drug-likeness (QED) is 0.777. The van der Waals surface area contributed by atoms with E-state index in [9.17, 15) is 4.39 Å². The van der Waals surface area contributed by atoms with Crippen LogP contribution in [0.25, 0.3) is 22.6 Å². The molecule has 0 aliphatic rings. The van der Waals surface area contributed by atoms with Gasteiger partial charge in [-0.2, -0.15) is 0 Å². The number of nitrogens with zero attached hydrogens (tertiary/aromatic N) is 5. The Morgan fingerprint density at radius 1 is 1.29 bits per heavy atom. The van der Waals surface area contributed by atoms with Crippen molar-refractivity contribution in [2.45, 2.75) is 26.4 Å². The van der Waals surface area contributed by atoms with Crippen LogP contribution >= 0.6 is 0 Å². The third-order valence-electron chi connectivity index (χ3n) is 3.30. The van der Waals surface area contributed by atoms with E-state index in [1.54, 1.807) is 16.9 Å². The van der Waals surface area contributed by atoms with Crippen LogP contribution in [0, 0.1) is 5.82 Å². The van der Waals surface area contributed by atoms with E-state index in [2.05, 4.69) is 22.2 Å². The Bertz CT molecular complexity index is 760. The van der Waals surface area contributed by atoms with Gasteiger partial charge in [-0.25, -0.2) is 9.37 Å². The lowest BCUT2D eigenvalue weighted by Gasteiger charge is -2.05. The molecule has 0 aliphatic heterocycles. The molecule has 21 heavy (non-hydrogen) atoms. The van der Waals surface area contributed by atoms with Crippen LogP contribution in [0.1, 0.15) is 13.3 Å². The molecule has 2 aromatic heterocycles. The zero-order valence-corrected chi connectivity index (χ0v) is 11.8. The minimum atomic E-state index is -0.321. The highest BCUT2D eigenvalue weighted by molar-refractivity contribution is 5.80. The predicted molar refractivity (Wildman–Crippen MR) is 78.1 cm³/mol. The highest BCUT2D eigenvalue weighted by Crippen LogP contribution is 2.25. The van der Waals surface area contributed by atoms with Crippen molar-refractivity contribution in [3.05, 3.63) is 30.2 Å². The van der Waals surface area contributed by atoms with E-state index in [4.69, 9.17) is 5.73 Å². The summed E-state index contributed by atoms with van der Waals surface area (Å²) in [6, 6.07) is 4.98. The van der Waals surface area contributed by atoms with Gasteiger partial charge in [0.05, 0.1) is 18.3 Å². The lowest BCUT2D eigenvalue weighted by Crippen LogP contribution is -2.10. The second-order valence-electron chi connectivity index (χ2n) is 4.85. The standard InChI is InChI=1S/C14H17FN6/c1-2-7-21-12-5-3-4-10(15)13(12)17-14(21)11-9-20(8-6-16)19-18-11/h3-5,9H,2,6-8,16H2,1H3. The summed E-state index contributed by atoms with van der Waals surface area (Å²) in [7, 11) is 0. The van der Waals surface area contributed by atoms with Crippen molar-refractivity contribution < 1.29 is 4.39 Å². The lowest BCUT2D eigenvalue weighted by atomic mass is 10.3. The molecule has 0 saturated carbocycles. The minimum Gasteiger partial charge on any atom is -0.329 e. The first kappa shape index (κ1) is 13.7. The van der Waals surface area contributed by atoms with Crippen LogP contribution in [0.2, 0.25) is 0 Å². The summed E-state index contributed by atoms with van der Waals surface area (Å²) < 4.78 is 17.6. The molecule has 0 amide bonds. The predicted octanol–water partition coefficient (Wildman–Crippen LogP) is 1.80. The fourth-order valence-corrected chi connectivity index (χ4v) is 2.40. The summed E-state index contributed by atoms with van der Waals surface area (Å²) in [6.07, 6.45) is 2.71. The number of hydrogen-bond acceptors (Lipinski definition) is 4. The number of fused-ring (bicyclic) bond motifs is 1. The van der Waals surface area contributed by atoms with E-state index in [0.717, 1.165) is 18.5 Å². The number of nitrogens with two attached hydrogens (primary N) is 1. The highest BCUT2D eigenvalue weighted by atomic mass is 19.1. The Hall–Kier alpha value is -2.28. The van der Waals surface area contributed by atoms with E-state index in [0.29, 0.717) is 30.1 Å². The molecule has 0 fully saturated rings. The molecule has 0 atom stereocenters. The molecule has 3 rings (SSSR count). The number of imidazole rings is 1. The largest absolute Gasteiger partial charge is 0.329 e. The summed E-state index contributed by atoms with van der Waals surface area (Å²) in [5, 5.41) is 8.14. The van der Waals surface area contributed by atoms with Gasteiger partial charge in [0, 0.05) is 13.1 Å². The molecule has 3 aromatic rings. The molecule has 6 nitrogen and oxygen atoms in total. The van der Waals surface area contributed by atoms with Crippen LogP contribution in [-0.2, 0) is 13.1 Å². The molecule has 7 heteroatoms. The molecular formula is C14H17FN6. The zero-order chi connectivity index (χ0) is 14.8. The summed E-state index contributed by atoms with van der Waals surface area (Å²) in [5.74, 6) is 0.318. The first-order chi connectivity index (χ1) is 10.2. The molecule has 0 unspecified atom stereocenters. The monoisotopic (exact) mass is 288 g/mol. The topological polar surface area (TPSA) is 74.5 Å². The molecule has 0 saturated heterocycles. The summed E-state index contributed by atoms with van der Waals surface area (Å²) in [5.41, 5.74) is 7.29. The van der Waals surface area contributed by atoms with Gasteiger partial charge in [-0.3, -0.25) is 4.68 Å². The highest BCUT2D eigenvalue weighted by Gasteiger charge is 2.17. The van der Waals surface area contributed by atoms with Crippen molar-refractivity contribution >= 4 is 11.0 Å². The minimum absolute atomic E-state index is 0.321. The van der Waals surface area contributed by atoms with Gasteiger partial charge in [0.2, 0.25) is 0 Å². The van der Waals surface area contributed by atoms with Gasteiger partial charge in [-0.05, 0) is 18.6 Å². The molecule has 2 heterocycles. The van der Waals surface area contributed by atoms with Crippen LogP contribution in [0.5, 0.6) is 0 Å². The smallest absolute Gasteiger partial charge is 0.163 e. The second kappa shape index (κ2) is 5.61. The van der Waals surface area contributed by atoms with Crippen LogP contribution in [0.4, 0.5) is 4.39 Å². The van der Waals surface area contributed by atoms with E-state index in [1.165, 1.54) is 6.07 Å². The van der Waals surface area contributed by atoms with Crippen LogP contribution < -0.4 is 5.73 Å². The number of benzene rings is 1. The summed E-state index contributed by atoms with van der Waals surface area (Å²) >= 11 is 0. The molecule has 2 N–H and O–H groups in total. The second-order valence-corrected chi connectivity index (χ2v) is 4.85. The maximum absolute atomic E-state index is 13.9. The number of aromatic nitrogens is 5. The number of rotatable bonds is 5. The van der Waals surface area contributed by atoms with Gasteiger partial charge in [0.25, 0.3) is 0 Å². The Morgan fingerprint density at radius 3 is 2.90 bits per heavy atom. The van der Waals surface area contributed by atoms with Crippen molar-refractivity contribution in [2.24, 2.45) is 5.73 Å². The SMILES string of the molecule is CCCn1c(-c2cn(CCN)nn2)nc2c(F)cccc21. The van der Waals surface area contributed by atoms with Gasteiger partial charge in [0.15, 0.2) is 11.6 Å². The van der Waals surface area contributed by atoms with Crippen molar-refractivity contribution in [1.29, 1.82) is 0 Å². The van der Waals surface area contributed by atoms with Gasteiger partial charge >= 0.3 is 0 Å². The normalized spacial score (nSPS) is 11.4. The van der Waals surface area contributed by atoms with Crippen molar-refractivity contribution in [1.82, 2.24) is 24.5 Å². The number of hydrogen-bond donors (Lipinski definition) is 1. The Morgan fingerprint density at radius 2 is 2.14 bits per heavy atom. The molecule has 110 valence electrons. The number of halogens is 1. The van der Waals surface area contributed by atoms with Gasteiger partial charge in [0.1, 0.15) is 11.2 Å². The van der Waals surface area contributed by atoms with E-state index < -0.39 is 0 Å². The average molecular weight is 288 g/mol. The van der Waals surface area contributed by atoms with Gasteiger partial charge in [-0.15, -0.1) is 5.10 Å². The van der Waals surface area contributed by atoms with E-state index in [1.807, 2.05) is 10.6 Å². The van der Waals surface area contributed by atoms with E-state index in [-0.39, 0.29) is 5.82 Å². The summed E-state index contributed by atoms with van der Waals surface area (Å²) in [6.45, 7) is 3.90. The maximum Gasteiger partial charge on any atom is 0.163 e. The first-order valence-electron chi connectivity index (χ1n) is 7.00. The van der Waals surface area contributed by atoms with E-state index >= 15 is 0 Å². The van der Waals surface area contributed by atoms with Gasteiger partial charge < -0.3 is 10.3 Å².